The number of hydrogen-bond donors (Lipinski definition) is 2. The summed E-state index contributed by atoms with van der Waals surface area (Å²) in [5.74, 6) is 1.43. The minimum atomic E-state index is -0.169. The third-order valence-corrected chi connectivity index (χ3v) is 3.45. The lowest BCUT2D eigenvalue weighted by Gasteiger charge is -2.14. The first kappa shape index (κ1) is 16.9. The maximum atomic E-state index is 12.1. The molecule has 1 aromatic heterocycles. The molecule has 0 aliphatic heterocycles. The predicted molar refractivity (Wildman–Crippen MR) is 93.2 cm³/mol. The van der Waals surface area contributed by atoms with Crippen LogP contribution in [0.15, 0.2) is 30.3 Å². The number of carbonyl (C=O) groups excluding carboxylic acids is 1. The summed E-state index contributed by atoms with van der Waals surface area (Å²) in [6.07, 6.45) is 0.892. The van der Waals surface area contributed by atoms with Gasteiger partial charge in [-0.3, -0.25) is 4.79 Å². The SMILES string of the molecule is CCCNC(=O)c1cc(Nc2ccccc2C(C)C)nc(C)n1. The number of carbonyl (C=O) groups is 1. The van der Waals surface area contributed by atoms with Crippen LogP contribution in [0.25, 0.3) is 0 Å². The Bertz CT molecular complexity index is 682. The first-order chi connectivity index (χ1) is 11.0. The molecule has 0 saturated carbocycles. The molecule has 2 rings (SSSR count). The van der Waals surface area contributed by atoms with Crippen molar-refractivity contribution in [1.82, 2.24) is 15.3 Å². The van der Waals surface area contributed by atoms with Crippen LogP contribution in [0.5, 0.6) is 0 Å². The fourth-order valence-corrected chi connectivity index (χ4v) is 2.33. The van der Waals surface area contributed by atoms with E-state index in [4.69, 9.17) is 0 Å². The number of hydrogen-bond acceptors (Lipinski definition) is 4. The molecule has 122 valence electrons. The summed E-state index contributed by atoms with van der Waals surface area (Å²) in [5.41, 5.74) is 2.59. The van der Waals surface area contributed by atoms with Crippen LogP contribution in [-0.2, 0) is 0 Å². The van der Waals surface area contributed by atoms with Gasteiger partial charge in [-0.2, -0.15) is 0 Å². The Morgan fingerprint density at radius 2 is 1.96 bits per heavy atom. The number of amides is 1. The van der Waals surface area contributed by atoms with E-state index in [9.17, 15) is 4.79 Å². The van der Waals surface area contributed by atoms with E-state index in [0.717, 1.165) is 12.1 Å². The van der Waals surface area contributed by atoms with E-state index in [1.54, 1.807) is 13.0 Å². The highest BCUT2D eigenvalue weighted by molar-refractivity contribution is 5.93. The lowest BCUT2D eigenvalue weighted by Crippen LogP contribution is -2.25. The molecule has 0 saturated heterocycles. The highest BCUT2D eigenvalue weighted by Gasteiger charge is 2.11. The van der Waals surface area contributed by atoms with Gasteiger partial charge in [0, 0.05) is 18.3 Å². The van der Waals surface area contributed by atoms with E-state index in [1.807, 2.05) is 25.1 Å². The van der Waals surface area contributed by atoms with E-state index in [2.05, 4.69) is 40.5 Å². The van der Waals surface area contributed by atoms with Gasteiger partial charge in [0.15, 0.2) is 0 Å². The van der Waals surface area contributed by atoms with Gasteiger partial charge in [0.25, 0.3) is 5.91 Å². The van der Waals surface area contributed by atoms with Crippen LogP contribution in [0.3, 0.4) is 0 Å². The molecule has 0 bridgehead atoms. The fraction of sp³-hybridized carbons (Fsp3) is 0.389. The van der Waals surface area contributed by atoms with Gasteiger partial charge in [-0.05, 0) is 30.9 Å². The summed E-state index contributed by atoms with van der Waals surface area (Å²) in [4.78, 5) is 20.7. The Balaban J connectivity index is 2.27. The minimum absolute atomic E-state index is 0.169. The largest absolute Gasteiger partial charge is 0.351 e. The Morgan fingerprint density at radius 1 is 1.22 bits per heavy atom. The zero-order valence-electron chi connectivity index (χ0n) is 14.2. The van der Waals surface area contributed by atoms with Crippen LogP contribution in [0, 0.1) is 6.92 Å². The Morgan fingerprint density at radius 3 is 2.65 bits per heavy atom. The standard InChI is InChI=1S/C18H24N4O/c1-5-10-19-18(23)16-11-17(21-13(4)20-16)22-15-9-7-6-8-14(15)12(2)3/h6-9,11-12H,5,10H2,1-4H3,(H,19,23)(H,20,21,22). The second-order valence-electron chi connectivity index (χ2n) is 5.81. The second-order valence-corrected chi connectivity index (χ2v) is 5.81. The maximum absolute atomic E-state index is 12.1. The monoisotopic (exact) mass is 312 g/mol. The number of anilines is 2. The molecule has 0 atom stereocenters. The quantitative estimate of drug-likeness (QED) is 0.851. The van der Waals surface area contributed by atoms with E-state index in [0.29, 0.717) is 29.8 Å². The Hall–Kier alpha value is -2.43. The molecule has 5 nitrogen and oxygen atoms in total. The van der Waals surface area contributed by atoms with Crippen LogP contribution in [0.2, 0.25) is 0 Å². The maximum Gasteiger partial charge on any atom is 0.270 e. The number of nitrogens with zero attached hydrogens (tertiary/aromatic N) is 2. The molecule has 0 unspecified atom stereocenters. The van der Waals surface area contributed by atoms with Gasteiger partial charge in [-0.1, -0.05) is 39.0 Å². The Kier molecular flexibility index (Phi) is 5.68. The van der Waals surface area contributed by atoms with Gasteiger partial charge in [0.2, 0.25) is 0 Å². The van der Waals surface area contributed by atoms with Crippen molar-refractivity contribution in [3.05, 3.63) is 47.4 Å². The van der Waals surface area contributed by atoms with Crippen LogP contribution < -0.4 is 10.6 Å². The average molecular weight is 312 g/mol. The van der Waals surface area contributed by atoms with Crippen molar-refractivity contribution in [3.8, 4) is 0 Å². The summed E-state index contributed by atoms with van der Waals surface area (Å²) >= 11 is 0. The molecule has 0 fully saturated rings. The van der Waals surface area contributed by atoms with Crippen LogP contribution in [0.1, 0.15) is 55.0 Å². The predicted octanol–water partition coefficient (Wildman–Crippen LogP) is 3.79. The lowest BCUT2D eigenvalue weighted by molar-refractivity contribution is 0.0948. The van der Waals surface area contributed by atoms with Gasteiger partial charge >= 0.3 is 0 Å². The third-order valence-electron chi connectivity index (χ3n) is 3.45. The first-order valence-electron chi connectivity index (χ1n) is 8.01. The summed E-state index contributed by atoms with van der Waals surface area (Å²) in [7, 11) is 0. The first-order valence-corrected chi connectivity index (χ1v) is 8.01. The molecule has 0 aliphatic carbocycles. The molecular formula is C18H24N4O. The van der Waals surface area contributed by atoms with Gasteiger partial charge in [0.1, 0.15) is 17.3 Å². The zero-order valence-corrected chi connectivity index (χ0v) is 14.2. The van der Waals surface area contributed by atoms with Crippen LogP contribution in [0.4, 0.5) is 11.5 Å². The third kappa shape index (κ3) is 4.52. The Labute approximate surface area is 137 Å². The van der Waals surface area contributed by atoms with Gasteiger partial charge < -0.3 is 10.6 Å². The molecule has 0 radical (unpaired) electrons. The molecule has 23 heavy (non-hydrogen) atoms. The highest BCUT2D eigenvalue weighted by atomic mass is 16.1. The van der Waals surface area contributed by atoms with Crippen molar-refractivity contribution in [2.24, 2.45) is 0 Å². The topological polar surface area (TPSA) is 66.9 Å². The van der Waals surface area contributed by atoms with Crippen molar-refractivity contribution in [2.75, 3.05) is 11.9 Å². The van der Waals surface area contributed by atoms with Crippen molar-refractivity contribution in [2.45, 2.75) is 40.0 Å². The van der Waals surface area contributed by atoms with Crippen molar-refractivity contribution >= 4 is 17.4 Å². The molecule has 0 aliphatic rings. The van der Waals surface area contributed by atoms with Crippen LogP contribution in [-0.4, -0.2) is 22.4 Å². The fourth-order valence-electron chi connectivity index (χ4n) is 2.33. The molecule has 2 aromatic rings. The molecule has 0 spiro atoms. The number of para-hydroxylation sites is 1. The highest BCUT2D eigenvalue weighted by Crippen LogP contribution is 2.26. The van der Waals surface area contributed by atoms with E-state index >= 15 is 0 Å². The number of aryl methyl sites for hydroxylation is 1. The van der Waals surface area contributed by atoms with Gasteiger partial charge in [0.05, 0.1) is 0 Å². The van der Waals surface area contributed by atoms with Gasteiger partial charge in [-0.25, -0.2) is 9.97 Å². The summed E-state index contributed by atoms with van der Waals surface area (Å²) in [5, 5.41) is 6.15. The number of rotatable bonds is 6. The number of benzene rings is 1. The molecule has 1 heterocycles. The molecule has 1 aromatic carbocycles. The molecule has 5 heteroatoms. The summed E-state index contributed by atoms with van der Waals surface area (Å²) < 4.78 is 0. The van der Waals surface area contributed by atoms with Crippen LogP contribution >= 0.6 is 0 Å². The summed E-state index contributed by atoms with van der Waals surface area (Å²) in [6, 6.07) is 9.81. The number of nitrogens with one attached hydrogen (secondary N) is 2. The average Bonchev–Trinajstić information content (AvgIpc) is 2.52. The van der Waals surface area contributed by atoms with E-state index in [1.165, 1.54) is 5.56 Å². The molecule has 1 amide bonds. The molecular weight excluding hydrogens is 288 g/mol. The normalized spacial score (nSPS) is 10.7. The smallest absolute Gasteiger partial charge is 0.270 e. The minimum Gasteiger partial charge on any atom is -0.351 e. The van der Waals surface area contributed by atoms with Crippen molar-refractivity contribution < 1.29 is 4.79 Å². The molecule has 2 N–H and O–H groups in total. The summed E-state index contributed by atoms with van der Waals surface area (Å²) in [6.45, 7) is 8.74. The lowest BCUT2D eigenvalue weighted by atomic mass is 10.0. The zero-order chi connectivity index (χ0) is 16.8. The van der Waals surface area contributed by atoms with Crippen molar-refractivity contribution in [1.29, 1.82) is 0 Å². The number of aromatic nitrogens is 2. The van der Waals surface area contributed by atoms with Gasteiger partial charge in [-0.15, -0.1) is 0 Å². The second kappa shape index (κ2) is 7.72. The van der Waals surface area contributed by atoms with E-state index < -0.39 is 0 Å². The van der Waals surface area contributed by atoms with E-state index in [-0.39, 0.29) is 5.91 Å². The van der Waals surface area contributed by atoms with Crippen molar-refractivity contribution in [3.63, 3.8) is 0 Å².